The Hall–Kier alpha value is -2.19. The Morgan fingerprint density at radius 3 is 2.23 bits per heavy atom. The summed E-state index contributed by atoms with van der Waals surface area (Å²) in [4.78, 5) is 24.3. The van der Waals surface area contributed by atoms with Crippen LogP contribution in [0.2, 0.25) is 0 Å². The molecule has 0 saturated carbocycles. The zero-order valence-corrected chi connectivity index (χ0v) is 16.4. The van der Waals surface area contributed by atoms with Crippen molar-refractivity contribution < 1.29 is 18.0 Å². The quantitative estimate of drug-likeness (QED) is 0.587. The molecule has 1 aromatic rings. The molecular formula is C18H27N3O4S. The Labute approximate surface area is 155 Å². The van der Waals surface area contributed by atoms with Crippen LogP contribution in [0.5, 0.6) is 0 Å². The van der Waals surface area contributed by atoms with Crippen LogP contribution >= 0.6 is 0 Å². The van der Waals surface area contributed by atoms with Crippen LogP contribution in [0.15, 0.2) is 43.0 Å². The molecule has 0 aliphatic rings. The summed E-state index contributed by atoms with van der Waals surface area (Å²) < 4.78 is 25.5. The number of benzene rings is 1. The maximum Gasteiger partial charge on any atom is 0.243 e. The number of amides is 2. The predicted octanol–water partition coefficient (Wildman–Crippen LogP) is 1.11. The number of sulfonamides is 1. The zero-order chi connectivity index (χ0) is 20.0. The van der Waals surface area contributed by atoms with E-state index in [1.165, 1.54) is 0 Å². The SMILES string of the molecule is C=CC(=O)NC(CNC(=O)C(NS(C)(=O)=O)C(C)(C)C)c1ccccc1. The van der Waals surface area contributed by atoms with Crippen molar-refractivity contribution in [1.82, 2.24) is 15.4 Å². The lowest BCUT2D eigenvalue weighted by molar-refractivity contribution is -0.125. The number of hydrogen-bond acceptors (Lipinski definition) is 4. The van der Waals surface area contributed by atoms with Crippen molar-refractivity contribution in [3.05, 3.63) is 48.6 Å². The lowest BCUT2D eigenvalue weighted by atomic mass is 9.87. The molecule has 2 atom stereocenters. The van der Waals surface area contributed by atoms with E-state index in [1.807, 2.05) is 30.3 Å². The number of nitrogens with one attached hydrogen (secondary N) is 3. The van der Waals surface area contributed by atoms with Gasteiger partial charge in [0.05, 0.1) is 12.3 Å². The van der Waals surface area contributed by atoms with Gasteiger partial charge in [-0.05, 0) is 17.1 Å². The molecule has 144 valence electrons. The highest BCUT2D eigenvalue weighted by Crippen LogP contribution is 2.20. The third-order valence-corrected chi connectivity index (χ3v) is 4.31. The van der Waals surface area contributed by atoms with Gasteiger partial charge in [0, 0.05) is 6.54 Å². The molecule has 2 unspecified atom stereocenters. The first kappa shape index (κ1) is 21.9. The molecule has 0 aromatic heterocycles. The fraction of sp³-hybridized carbons (Fsp3) is 0.444. The minimum absolute atomic E-state index is 0.112. The van der Waals surface area contributed by atoms with Gasteiger partial charge in [-0.1, -0.05) is 57.7 Å². The zero-order valence-electron chi connectivity index (χ0n) is 15.6. The van der Waals surface area contributed by atoms with Crippen LogP contribution in [0, 0.1) is 5.41 Å². The fourth-order valence-corrected chi connectivity index (χ4v) is 3.20. The van der Waals surface area contributed by atoms with Crippen LogP contribution in [-0.2, 0) is 19.6 Å². The van der Waals surface area contributed by atoms with E-state index in [0.717, 1.165) is 17.9 Å². The molecular weight excluding hydrogens is 354 g/mol. The number of hydrogen-bond donors (Lipinski definition) is 3. The van der Waals surface area contributed by atoms with Crippen LogP contribution < -0.4 is 15.4 Å². The molecule has 8 heteroatoms. The van der Waals surface area contributed by atoms with Crippen molar-refractivity contribution in [2.24, 2.45) is 5.41 Å². The van der Waals surface area contributed by atoms with Gasteiger partial charge in [0.2, 0.25) is 21.8 Å². The molecule has 0 heterocycles. The van der Waals surface area contributed by atoms with Gasteiger partial charge < -0.3 is 10.6 Å². The first-order valence-corrected chi connectivity index (χ1v) is 10.1. The maximum absolute atomic E-state index is 12.6. The highest BCUT2D eigenvalue weighted by atomic mass is 32.2. The summed E-state index contributed by atoms with van der Waals surface area (Å²) in [6.07, 6.45) is 2.16. The molecule has 7 nitrogen and oxygen atoms in total. The smallest absolute Gasteiger partial charge is 0.243 e. The Morgan fingerprint density at radius 2 is 1.77 bits per heavy atom. The lowest BCUT2D eigenvalue weighted by Gasteiger charge is -2.30. The highest BCUT2D eigenvalue weighted by molar-refractivity contribution is 7.88. The predicted molar refractivity (Wildman–Crippen MR) is 102 cm³/mol. The van der Waals surface area contributed by atoms with Crippen molar-refractivity contribution in [3.63, 3.8) is 0 Å². The minimum Gasteiger partial charge on any atom is -0.352 e. The average molecular weight is 381 g/mol. The van der Waals surface area contributed by atoms with Crippen LogP contribution in [-0.4, -0.2) is 39.1 Å². The molecule has 1 rings (SSSR count). The molecule has 26 heavy (non-hydrogen) atoms. The van der Waals surface area contributed by atoms with E-state index in [0.29, 0.717) is 0 Å². The van der Waals surface area contributed by atoms with E-state index >= 15 is 0 Å². The Kier molecular flexibility index (Phi) is 7.53. The van der Waals surface area contributed by atoms with Crippen LogP contribution in [0.25, 0.3) is 0 Å². The van der Waals surface area contributed by atoms with E-state index in [2.05, 4.69) is 21.9 Å². The van der Waals surface area contributed by atoms with Gasteiger partial charge in [0.1, 0.15) is 6.04 Å². The summed E-state index contributed by atoms with van der Waals surface area (Å²) in [7, 11) is -3.56. The molecule has 0 fully saturated rings. The second-order valence-corrected chi connectivity index (χ2v) is 8.89. The Bertz CT molecular complexity index is 739. The van der Waals surface area contributed by atoms with Gasteiger partial charge in [-0.25, -0.2) is 13.1 Å². The standard InChI is InChI=1S/C18H27N3O4S/c1-6-15(22)20-14(13-10-8-7-9-11-13)12-19-17(23)16(18(2,3)4)21-26(5,24)25/h6-11,14,16,21H,1,12H2,2-5H3,(H,19,23)(H,20,22). The van der Waals surface area contributed by atoms with Gasteiger partial charge in [-0.15, -0.1) is 0 Å². The van der Waals surface area contributed by atoms with Gasteiger partial charge in [0.15, 0.2) is 0 Å². The Balaban J connectivity index is 2.93. The third-order valence-electron chi connectivity index (χ3n) is 3.64. The van der Waals surface area contributed by atoms with Crippen LogP contribution in [0.3, 0.4) is 0 Å². The molecule has 0 saturated heterocycles. The van der Waals surface area contributed by atoms with Crippen LogP contribution in [0.4, 0.5) is 0 Å². The summed E-state index contributed by atoms with van der Waals surface area (Å²) in [5, 5.41) is 5.48. The van der Waals surface area contributed by atoms with E-state index in [-0.39, 0.29) is 12.5 Å². The van der Waals surface area contributed by atoms with Gasteiger partial charge in [-0.2, -0.15) is 0 Å². The third kappa shape index (κ3) is 7.37. The summed E-state index contributed by atoms with van der Waals surface area (Å²) in [5.74, 6) is -0.827. The van der Waals surface area contributed by atoms with Crippen LogP contribution in [0.1, 0.15) is 32.4 Å². The largest absolute Gasteiger partial charge is 0.352 e. The molecule has 0 spiro atoms. The minimum atomic E-state index is -3.56. The maximum atomic E-state index is 12.6. The number of carbonyl (C=O) groups is 2. The van der Waals surface area contributed by atoms with Crippen molar-refractivity contribution in [2.45, 2.75) is 32.9 Å². The molecule has 1 aromatic carbocycles. The van der Waals surface area contributed by atoms with Crippen molar-refractivity contribution >= 4 is 21.8 Å². The molecule has 0 radical (unpaired) electrons. The molecule has 2 amide bonds. The van der Waals surface area contributed by atoms with Gasteiger partial charge in [0.25, 0.3) is 0 Å². The average Bonchev–Trinajstić information content (AvgIpc) is 2.55. The summed E-state index contributed by atoms with van der Waals surface area (Å²) >= 11 is 0. The summed E-state index contributed by atoms with van der Waals surface area (Å²) in [5.41, 5.74) is 0.186. The Morgan fingerprint density at radius 1 is 1.19 bits per heavy atom. The van der Waals surface area contributed by atoms with Crippen molar-refractivity contribution in [3.8, 4) is 0 Å². The summed E-state index contributed by atoms with van der Waals surface area (Å²) in [6, 6.07) is 7.75. The molecule has 0 bridgehead atoms. The molecule has 0 aliphatic carbocycles. The van der Waals surface area contributed by atoms with Gasteiger partial charge >= 0.3 is 0 Å². The first-order valence-electron chi connectivity index (χ1n) is 8.17. The van der Waals surface area contributed by atoms with E-state index in [4.69, 9.17) is 0 Å². The van der Waals surface area contributed by atoms with Gasteiger partial charge in [-0.3, -0.25) is 9.59 Å². The second kappa shape index (κ2) is 8.95. The highest BCUT2D eigenvalue weighted by Gasteiger charge is 2.33. The fourth-order valence-electron chi connectivity index (χ4n) is 2.31. The second-order valence-electron chi connectivity index (χ2n) is 7.11. The van der Waals surface area contributed by atoms with E-state index in [9.17, 15) is 18.0 Å². The van der Waals surface area contributed by atoms with Crippen molar-refractivity contribution in [1.29, 1.82) is 0 Å². The molecule has 0 aliphatic heterocycles. The lowest BCUT2D eigenvalue weighted by Crippen LogP contribution is -2.54. The molecule has 3 N–H and O–H groups in total. The normalized spacial score (nSPS) is 14.2. The van der Waals surface area contributed by atoms with E-state index < -0.39 is 33.4 Å². The topological polar surface area (TPSA) is 104 Å². The first-order chi connectivity index (χ1) is 11.9. The monoisotopic (exact) mass is 381 g/mol. The summed E-state index contributed by atoms with van der Waals surface area (Å²) in [6.45, 7) is 8.84. The van der Waals surface area contributed by atoms with E-state index in [1.54, 1.807) is 20.8 Å². The number of carbonyl (C=O) groups excluding carboxylic acids is 2. The number of rotatable bonds is 8. The van der Waals surface area contributed by atoms with Crippen molar-refractivity contribution in [2.75, 3.05) is 12.8 Å².